The summed E-state index contributed by atoms with van der Waals surface area (Å²) in [6.07, 6.45) is 5.53. The van der Waals surface area contributed by atoms with Crippen LogP contribution in [0.25, 0.3) is 5.69 Å². The number of nitrogens with two attached hydrogens (primary N) is 1. The molecular formula is C15H17FN4O2. The van der Waals surface area contributed by atoms with Crippen molar-refractivity contribution in [3.63, 3.8) is 0 Å². The van der Waals surface area contributed by atoms with Gasteiger partial charge >= 0.3 is 0 Å². The van der Waals surface area contributed by atoms with Crippen molar-refractivity contribution in [3.8, 4) is 5.69 Å². The second-order valence-electron chi connectivity index (χ2n) is 5.19. The molecule has 3 rings (SSSR count). The van der Waals surface area contributed by atoms with E-state index in [4.69, 9.17) is 10.5 Å². The molecular weight excluding hydrogens is 287 g/mol. The average molecular weight is 304 g/mol. The Morgan fingerprint density at radius 2 is 2.36 bits per heavy atom. The third-order valence-electron chi connectivity index (χ3n) is 3.66. The molecule has 0 aliphatic carbocycles. The van der Waals surface area contributed by atoms with Crippen molar-refractivity contribution in [1.29, 1.82) is 0 Å². The molecule has 1 aliphatic rings. The Labute approximate surface area is 127 Å². The van der Waals surface area contributed by atoms with Gasteiger partial charge in [0, 0.05) is 24.6 Å². The Hall–Kier alpha value is -2.25. The van der Waals surface area contributed by atoms with Crippen molar-refractivity contribution < 1.29 is 13.9 Å². The van der Waals surface area contributed by atoms with E-state index in [9.17, 15) is 9.18 Å². The predicted octanol–water partition coefficient (Wildman–Crippen LogP) is 1.46. The van der Waals surface area contributed by atoms with E-state index in [0.717, 1.165) is 6.42 Å². The Kier molecular flexibility index (Phi) is 4.17. The van der Waals surface area contributed by atoms with Crippen molar-refractivity contribution in [2.75, 3.05) is 11.9 Å². The summed E-state index contributed by atoms with van der Waals surface area (Å²) in [6, 6.07) is 4.51. The van der Waals surface area contributed by atoms with Crippen molar-refractivity contribution in [1.82, 2.24) is 9.55 Å². The van der Waals surface area contributed by atoms with Gasteiger partial charge in [-0.3, -0.25) is 4.79 Å². The number of carbonyl (C=O) groups is 1. The largest absolute Gasteiger partial charge is 0.364 e. The average Bonchev–Trinajstić information content (AvgIpc) is 3.19. The van der Waals surface area contributed by atoms with Crippen LogP contribution in [0.15, 0.2) is 36.9 Å². The fraction of sp³-hybridized carbons (Fsp3) is 0.333. The van der Waals surface area contributed by atoms with Gasteiger partial charge in [-0.25, -0.2) is 9.37 Å². The van der Waals surface area contributed by atoms with Gasteiger partial charge in [0.05, 0.1) is 18.1 Å². The van der Waals surface area contributed by atoms with Crippen LogP contribution < -0.4 is 11.1 Å². The molecule has 1 saturated heterocycles. The number of amides is 1. The standard InChI is InChI=1S/C15H17FN4O2/c16-12-7-10(1-3-13(12)20-6-5-18-9-20)19-15(21)14-4-2-11(8-17)22-14/h1,3,5-7,9,11,14H,2,4,8,17H2,(H,19,21)/t11-,14+/m1/s1. The molecule has 1 amide bonds. The third-order valence-corrected chi connectivity index (χ3v) is 3.66. The number of halogens is 1. The Morgan fingerprint density at radius 3 is 3.00 bits per heavy atom. The van der Waals surface area contributed by atoms with Crippen LogP contribution in [0.4, 0.5) is 10.1 Å². The summed E-state index contributed by atoms with van der Waals surface area (Å²) in [5, 5.41) is 2.67. The third kappa shape index (κ3) is 3.00. The van der Waals surface area contributed by atoms with Gasteiger partial charge in [-0.1, -0.05) is 0 Å². The van der Waals surface area contributed by atoms with E-state index in [1.807, 2.05) is 0 Å². The van der Waals surface area contributed by atoms with Gasteiger partial charge in [-0.05, 0) is 31.0 Å². The van der Waals surface area contributed by atoms with Crippen LogP contribution in [0.3, 0.4) is 0 Å². The van der Waals surface area contributed by atoms with Gasteiger partial charge in [0.2, 0.25) is 0 Å². The molecule has 22 heavy (non-hydrogen) atoms. The Bertz CT molecular complexity index is 660. The second-order valence-corrected chi connectivity index (χ2v) is 5.19. The van der Waals surface area contributed by atoms with Crippen LogP contribution >= 0.6 is 0 Å². The maximum atomic E-state index is 14.1. The van der Waals surface area contributed by atoms with Crippen molar-refractivity contribution in [2.24, 2.45) is 5.73 Å². The number of anilines is 1. The fourth-order valence-corrected chi connectivity index (χ4v) is 2.49. The minimum absolute atomic E-state index is 0.0731. The summed E-state index contributed by atoms with van der Waals surface area (Å²) in [5.41, 5.74) is 6.28. The maximum Gasteiger partial charge on any atom is 0.253 e. The number of rotatable bonds is 4. The highest BCUT2D eigenvalue weighted by atomic mass is 19.1. The zero-order valence-electron chi connectivity index (χ0n) is 11.9. The first-order chi connectivity index (χ1) is 10.7. The number of nitrogens with zero attached hydrogens (tertiary/aromatic N) is 2. The number of benzene rings is 1. The van der Waals surface area contributed by atoms with E-state index in [1.54, 1.807) is 29.1 Å². The summed E-state index contributed by atoms with van der Waals surface area (Å²) in [7, 11) is 0. The number of hydrogen-bond acceptors (Lipinski definition) is 4. The summed E-state index contributed by atoms with van der Waals surface area (Å²) in [5.74, 6) is -0.714. The van der Waals surface area contributed by atoms with E-state index in [-0.39, 0.29) is 12.0 Å². The minimum atomic E-state index is -0.523. The molecule has 1 aromatic carbocycles. The van der Waals surface area contributed by atoms with Gasteiger partial charge in [0.15, 0.2) is 0 Å². The molecule has 2 atom stereocenters. The van der Waals surface area contributed by atoms with Gasteiger partial charge in [-0.2, -0.15) is 0 Å². The van der Waals surface area contributed by atoms with E-state index in [1.165, 1.54) is 12.4 Å². The number of imidazole rings is 1. The molecule has 1 aromatic heterocycles. The number of nitrogens with one attached hydrogen (secondary N) is 1. The van der Waals surface area contributed by atoms with Crippen molar-refractivity contribution in [2.45, 2.75) is 25.0 Å². The smallest absolute Gasteiger partial charge is 0.253 e. The quantitative estimate of drug-likeness (QED) is 0.896. The zero-order valence-corrected chi connectivity index (χ0v) is 11.9. The lowest BCUT2D eigenvalue weighted by Gasteiger charge is -2.13. The molecule has 2 aromatic rings. The zero-order chi connectivity index (χ0) is 15.5. The summed E-state index contributed by atoms with van der Waals surface area (Å²) >= 11 is 0. The van der Waals surface area contributed by atoms with Crippen LogP contribution in [-0.4, -0.2) is 34.2 Å². The van der Waals surface area contributed by atoms with E-state index < -0.39 is 11.9 Å². The van der Waals surface area contributed by atoms with Crippen LogP contribution in [0.2, 0.25) is 0 Å². The van der Waals surface area contributed by atoms with E-state index in [0.29, 0.717) is 24.3 Å². The normalized spacial score (nSPS) is 21.0. The van der Waals surface area contributed by atoms with Crippen LogP contribution in [-0.2, 0) is 9.53 Å². The van der Waals surface area contributed by atoms with Gasteiger partial charge < -0.3 is 20.4 Å². The molecule has 1 aliphatic heterocycles. The SMILES string of the molecule is NC[C@H]1CC[C@@H](C(=O)Nc2ccc(-n3ccnc3)c(F)c2)O1. The van der Waals surface area contributed by atoms with Crippen LogP contribution in [0.5, 0.6) is 0 Å². The summed E-state index contributed by atoms with van der Waals surface area (Å²) in [6.45, 7) is 0.401. The highest BCUT2D eigenvalue weighted by Gasteiger charge is 2.29. The first kappa shape index (κ1) is 14.7. The Balaban J connectivity index is 1.68. The Morgan fingerprint density at radius 1 is 1.50 bits per heavy atom. The predicted molar refractivity (Wildman–Crippen MR) is 79.1 cm³/mol. The van der Waals surface area contributed by atoms with Crippen molar-refractivity contribution >= 4 is 11.6 Å². The molecule has 0 radical (unpaired) electrons. The minimum Gasteiger partial charge on any atom is -0.364 e. The molecule has 0 unspecified atom stereocenters. The molecule has 1 fully saturated rings. The summed E-state index contributed by atoms with van der Waals surface area (Å²) in [4.78, 5) is 16.0. The molecule has 0 spiro atoms. The first-order valence-corrected chi connectivity index (χ1v) is 7.11. The van der Waals surface area contributed by atoms with E-state index in [2.05, 4.69) is 10.3 Å². The lowest BCUT2D eigenvalue weighted by molar-refractivity contribution is -0.126. The van der Waals surface area contributed by atoms with Crippen molar-refractivity contribution in [3.05, 3.63) is 42.7 Å². The molecule has 7 heteroatoms. The number of ether oxygens (including phenoxy) is 1. The second kappa shape index (κ2) is 6.25. The highest BCUT2D eigenvalue weighted by molar-refractivity contribution is 5.94. The van der Waals surface area contributed by atoms with Gasteiger partial charge in [0.25, 0.3) is 5.91 Å². The number of aromatic nitrogens is 2. The van der Waals surface area contributed by atoms with Gasteiger partial charge in [-0.15, -0.1) is 0 Å². The molecule has 3 N–H and O–H groups in total. The lowest BCUT2D eigenvalue weighted by Crippen LogP contribution is -2.29. The molecule has 0 saturated carbocycles. The molecule has 6 nitrogen and oxygen atoms in total. The highest BCUT2D eigenvalue weighted by Crippen LogP contribution is 2.22. The molecule has 0 bridgehead atoms. The topological polar surface area (TPSA) is 82.2 Å². The fourth-order valence-electron chi connectivity index (χ4n) is 2.49. The first-order valence-electron chi connectivity index (χ1n) is 7.11. The van der Waals surface area contributed by atoms with Crippen LogP contribution in [0.1, 0.15) is 12.8 Å². The maximum absolute atomic E-state index is 14.1. The number of hydrogen-bond donors (Lipinski definition) is 2. The van der Waals surface area contributed by atoms with Crippen LogP contribution in [0, 0.1) is 5.82 Å². The molecule has 116 valence electrons. The van der Waals surface area contributed by atoms with E-state index >= 15 is 0 Å². The molecule has 2 heterocycles. The summed E-state index contributed by atoms with van der Waals surface area (Å²) < 4.78 is 21.2. The monoisotopic (exact) mass is 304 g/mol. The van der Waals surface area contributed by atoms with Gasteiger partial charge in [0.1, 0.15) is 11.9 Å². The lowest BCUT2D eigenvalue weighted by atomic mass is 10.2. The number of carbonyl (C=O) groups excluding carboxylic acids is 1.